The summed E-state index contributed by atoms with van der Waals surface area (Å²) >= 11 is 0. The summed E-state index contributed by atoms with van der Waals surface area (Å²) in [4.78, 5) is 11.2. The second-order valence-corrected chi connectivity index (χ2v) is 4.22. The Labute approximate surface area is 92.8 Å². The molecule has 4 nitrogen and oxygen atoms in total. The monoisotopic (exact) mass is 241 g/mol. The van der Waals surface area contributed by atoms with Crippen molar-refractivity contribution in [3.05, 3.63) is 0 Å². The number of halogens is 3. The van der Waals surface area contributed by atoms with E-state index in [1.54, 1.807) is 13.8 Å². The average Bonchev–Trinajstić information content (AvgIpc) is 2.12. The zero-order valence-electron chi connectivity index (χ0n) is 9.61. The lowest BCUT2D eigenvalue weighted by atomic mass is 10.0. The Bertz CT molecular complexity index is 241. The first-order valence-electron chi connectivity index (χ1n) is 4.97. The Balaban J connectivity index is 4.00. The molecule has 0 aliphatic heterocycles. The van der Waals surface area contributed by atoms with Crippen molar-refractivity contribution in [1.29, 1.82) is 0 Å². The van der Waals surface area contributed by atoms with E-state index in [0.29, 0.717) is 6.42 Å². The summed E-state index contributed by atoms with van der Waals surface area (Å²) in [5.41, 5.74) is 4.38. The molecule has 0 saturated carbocycles. The minimum absolute atomic E-state index is 0.452. The van der Waals surface area contributed by atoms with Crippen molar-refractivity contribution in [3.63, 3.8) is 0 Å². The molecule has 0 aromatic heterocycles. The first-order chi connectivity index (χ1) is 7.08. The molecule has 96 valence electrons. The van der Waals surface area contributed by atoms with Gasteiger partial charge in [0.1, 0.15) is 6.04 Å². The van der Waals surface area contributed by atoms with Gasteiger partial charge in [-0.05, 0) is 20.3 Å². The van der Waals surface area contributed by atoms with Crippen LogP contribution in [-0.4, -0.2) is 30.3 Å². The fourth-order valence-corrected chi connectivity index (χ4v) is 0.758. The van der Waals surface area contributed by atoms with Crippen LogP contribution < -0.4 is 16.4 Å². The summed E-state index contributed by atoms with van der Waals surface area (Å²) in [6, 6.07) is -2.69. The first kappa shape index (κ1) is 15.0. The molecule has 1 atom stereocenters. The Morgan fingerprint density at radius 3 is 2.25 bits per heavy atom. The number of hydrogen-bond acceptors (Lipinski definition) is 2. The Morgan fingerprint density at radius 1 is 1.38 bits per heavy atom. The van der Waals surface area contributed by atoms with Crippen LogP contribution in [0.25, 0.3) is 0 Å². The lowest BCUT2D eigenvalue weighted by molar-refractivity contribution is -0.146. The molecule has 1 unspecified atom stereocenters. The molecule has 0 aromatic rings. The SMILES string of the molecule is CCC(C)(C)NC(=O)NCC(N)C(F)(F)F. The van der Waals surface area contributed by atoms with Crippen molar-refractivity contribution < 1.29 is 18.0 Å². The minimum Gasteiger partial charge on any atom is -0.336 e. The van der Waals surface area contributed by atoms with Crippen LogP contribution in [0.5, 0.6) is 0 Å². The van der Waals surface area contributed by atoms with E-state index in [2.05, 4.69) is 10.6 Å². The number of alkyl halides is 3. The lowest BCUT2D eigenvalue weighted by Gasteiger charge is -2.25. The molecule has 0 heterocycles. The zero-order valence-corrected chi connectivity index (χ0v) is 9.61. The van der Waals surface area contributed by atoms with Gasteiger partial charge in [0.2, 0.25) is 0 Å². The molecular formula is C9H18F3N3O. The zero-order chi connectivity index (χ0) is 13.0. The normalized spacial score (nSPS) is 14.4. The van der Waals surface area contributed by atoms with E-state index >= 15 is 0 Å². The third-order valence-corrected chi connectivity index (χ3v) is 2.24. The number of nitrogens with one attached hydrogen (secondary N) is 2. The van der Waals surface area contributed by atoms with E-state index < -0.39 is 30.3 Å². The summed E-state index contributed by atoms with van der Waals surface area (Å²) in [6.45, 7) is 4.78. The number of urea groups is 1. The number of carbonyl (C=O) groups is 1. The molecule has 0 fully saturated rings. The second kappa shape index (κ2) is 5.38. The van der Waals surface area contributed by atoms with Crippen LogP contribution in [0, 0.1) is 0 Å². The second-order valence-electron chi connectivity index (χ2n) is 4.22. The molecular weight excluding hydrogens is 223 g/mol. The molecule has 0 spiro atoms. The molecule has 0 aliphatic carbocycles. The molecule has 0 radical (unpaired) electrons. The Kier molecular flexibility index (Phi) is 5.05. The van der Waals surface area contributed by atoms with E-state index in [1.807, 2.05) is 6.92 Å². The van der Waals surface area contributed by atoms with Crippen LogP contribution in [0.3, 0.4) is 0 Å². The van der Waals surface area contributed by atoms with Gasteiger partial charge in [0.05, 0.1) is 0 Å². The summed E-state index contributed by atoms with van der Waals surface area (Å²) in [5.74, 6) is 0. The van der Waals surface area contributed by atoms with E-state index in [0.717, 1.165) is 0 Å². The largest absolute Gasteiger partial charge is 0.405 e. The number of carbonyl (C=O) groups excluding carboxylic acids is 1. The van der Waals surface area contributed by atoms with Crippen molar-refractivity contribution >= 4 is 6.03 Å². The molecule has 0 rings (SSSR count). The Morgan fingerprint density at radius 2 is 1.88 bits per heavy atom. The highest BCUT2D eigenvalue weighted by molar-refractivity contribution is 5.74. The van der Waals surface area contributed by atoms with Crippen LogP contribution in [-0.2, 0) is 0 Å². The molecule has 0 bridgehead atoms. The minimum atomic E-state index is -4.49. The van der Waals surface area contributed by atoms with Crippen LogP contribution in [0.1, 0.15) is 27.2 Å². The fourth-order valence-electron chi connectivity index (χ4n) is 0.758. The molecule has 0 aliphatic rings. The van der Waals surface area contributed by atoms with Gasteiger partial charge in [-0.25, -0.2) is 4.79 Å². The average molecular weight is 241 g/mol. The van der Waals surface area contributed by atoms with Gasteiger partial charge in [-0.3, -0.25) is 0 Å². The quantitative estimate of drug-likeness (QED) is 0.695. The van der Waals surface area contributed by atoms with Crippen molar-refractivity contribution in [2.24, 2.45) is 5.73 Å². The number of amides is 2. The van der Waals surface area contributed by atoms with E-state index in [4.69, 9.17) is 5.73 Å². The molecule has 0 aromatic carbocycles. The molecule has 4 N–H and O–H groups in total. The van der Waals surface area contributed by atoms with E-state index in [9.17, 15) is 18.0 Å². The van der Waals surface area contributed by atoms with Crippen LogP contribution in [0.2, 0.25) is 0 Å². The lowest BCUT2D eigenvalue weighted by Crippen LogP contribution is -2.53. The van der Waals surface area contributed by atoms with Gasteiger partial charge < -0.3 is 16.4 Å². The van der Waals surface area contributed by atoms with Crippen molar-refractivity contribution in [3.8, 4) is 0 Å². The topological polar surface area (TPSA) is 67.2 Å². The van der Waals surface area contributed by atoms with Gasteiger partial charge in [0.15, 0.2) is 0 Å². The third-order valence-electron chi connectivity index (χ3n) is 2.24. The summed E-state index contributed by atoms with van der Waals surface area (Å²) in [6.07, 6.45) is -3.82. The van der Waals surface area contributed by atoms with Gasteiger partial charge in [-0.2, -0.15) is 13.2 Å². The molecule has 16 heavy (non-hydrogen) atoms. The van der Waals surface area contributed by atoms with Gasteiger partial charge in [-0.1, -0.05) is 6.92 Å². The summed E-state index contributed by atoms with van der Waals surface area (Å²) in [7, 11) is 0. The molecule has 7 heteroatoms. The predicted octanol–water partition coefficient (Wildman–Crippen LogP) is 1.36. The molecule has 0 saturated heterocycles. The highest BCUT2D eigenvalue weighted by Gasteiger charge is 2.36. The highest BCUT2D eigenvalue weighted by Crippen LogP contribution is 2.17. The smallest absolute Gasteiger partial charge is 0.336 e. The van der Waals surface area contributed by atoms with Gasteiger partial charge in [-0.15, -0.1) is 0 Å². The molecule has 2 amide bonds. The third kappa shape index (κ3) is 5.79. The first-order valence-corrected chi connectivity index (χ1v) is 4.97. The summed E-state index contributed by atoms with van der Waals surface area (Å²) < 4.78 is 36.0. The summed E-state index contributed by atoms with van der Waals surface area (Å²) in [5, 5.41) is 4.62. The number of rotatable bonds is 4. The Hall–Kier alpha value is -0.980. The fraction of sp³-hybridized carbons (Fsp3) is 0.889. The van der Waals surface area contributed by atoms with Crippen LogP contribution in [0.4, 0.5) is 18.0 Å². The van der Waals surface area contributed by atoms with Crippen molar-refractivity contribution in [1.82, 2.24) is 10.6 Å². The van der Waals surface area contributed by atoms with Crippen molar-refractivity contribution in [2.45, 2.75) is 44.9 Å². The van der Waals surface area contributed by atoms with Crippen LogP contribution >= 0.6 is 0 Å². The maximum absolute atomic E-state index is 12.0. The standard InChI is InChI=1S/C9H18F3N3O/c1-4-8(2,3)15-7(16)14-5-6(13)9(10,11)12/h6H,4-5,13H2,1-3H3,(H2,14,15,16). The number of hydrogen-bond donors (Lipinski definition) is 3. The van der Waals surface area contributed by atoms with E-state index in [-0.39, 0.29) is 0 Å². The van der Waals surface area contributed by atoms with E-state index in [1.165, 1.54) is 0 Å². The maximum atomic E-state index is 12.0. The van der Waals surface area contributed by atoms with Gasteiger partial charge in [0.25, 0.3) is 0 Å². The van der Waals surface area contributed by atoms with Crippen molar-refractivity contribution in [2.75, 3.05) is 6.54 Å². The van der Waals surface area contributed by atoms with Crippen LogP contribution in [0.15, 0.2) is 0 Å². The van der Waals surface area contributed by atoms with Gasteiger partial charge in [0, 0.05) is 12.1 Å². The van der Waals surface area contributed by atoms with Gasteiger partial charge >= 0.3 is 12.2 Å². The number of nitrogens with two attached hydrogens (primary N) is 1. The highest BCUT2D eigenvalue weighted by atomic mass is 19.4. The predicted molar refractivity (Wildman–Crippen MR) is 54.9 cm³/mol. The maximum Gasteiger partial charge on any atom is 0.405 e.